The van der Waals surface area contributed by atoms with E-state index < -0.39 is 17.9 Å². The summed E-state index contributed by atoms with van der Waals surface area (Å²) in [5, 5.41) is 12.3. The number of halogens is 2. The Morgan fingerprint density at radius 2 is 2.09 bits per heavy atom. The molecule has 1 unspecified atom stereocenters. The summed E-state index contributed by atoms with van der Waals surface area (Å²) in [5.41, 5.74) is 1.26. The van der Waals surface area contributed by atoms with Crippen LogP contribution in [0.15, 0.2) is 42.7 Å². The summed E-state index contributed by atoms with van der Waals surface area (Å²) in [6, 6.07) is 9.21. The van der Waals surface area contributed by atoms with Gasteiger partial charge in [-0.1, -0.05) is 35.3 Å². The van der Waals surface area contributed by atoms with Crippen LogP contribution in [0.1, 0.15) is 16.2 Å². The first kappa shape index (κ1) is 21.5. The van der Waals surface area contributed by atoms with Crippen LogP contribution in [0.3, 0.4) is 0 Å². The van der Waals surface area contributed by atoms with Gasteiger partial charge in [-0.3, -0.25) is 14.5 Å². The largest absolute Gasteiger partial charge is 0.487 e. The van der Waals surface area contributed by atoms with Gasteiger partial charge in [-0.15, -0.1) is 0 Å². The highest BCUT2D eigenvalue weighted by atomic mass is 35.5. The zero-order valence-electron chi connectivity index (χ0n) is 16.5. The molecular weight excluding hydrogens is 455 g/mol. The maximum atomic E-state index is 12.8. The van der Waals surface area contributed by atoms with Gasteiger partial charge in [0.25, 0.3) is 11.8 Å². The molecule has 1 N–H and O–H groups in total. The van der Waals surface area contributed by atoms with Crippen molar-refractivity contribution in [3.8, 4) is 23.1 Å². The van der Waals surface area contributed by atoms with Crippen molar-refractivity contribution in [1.29, 1.82) is 5.26 Å². The van der Waals surface area contributed by atoms with Gasteiger partial charge in [-0.05, 0) is 12.1 Å². The number of hydrogen-bond donors (Lipinski definition) is 1. The highest BCUT2D eigenvalue weighted by Crippen LogP contribution is 2.30. The summed E-state index contributed by atoms with van der Waals surface area (Å²) >= 11 is 12.2. The Balaban J connectivity index is 1.58. The lowest BCUT2D eigenvalue weighted by molar-refractivity contribution is -0.120. The van der Waals surface area contributed by atoms with Gasteiger partial charge in [0.15, 0.2) is 11.6 Å². The Kier molecular flexibility index (Phi) is 5.90. The number of nitrogens with zero attached hydrogens (tertiary/aromatic N) is 5. The first-order valence-electron chi connectivity index (χ1n) is 9.27. The van der Waals surface area contributed by atoms with E-state index in [1.807, 2.05) is 6.07 Å². The lowest BCUT2D eigenvalue weighted by atomic mass is 10.1. The number of fused-ring (bicyclic) bond motifs is 1. The maximum Gasteiger partial charge on any atom is 0.289 e. The van der Waals surface area contributed by atoms with Crippen LogP contribution < -0.4 is 15.0 Å². The Bertz CT molecular complexity index is 1280. The molecule has 2 aromatic heterocycles. The number of anilines is 1. The minimum Gasteiger partial charge on any atom is -0.487 e. The Morgan fingerprint density at radius 1 is 1.28 bits per heavy atom. The summed E-state index contributed by atoms with van der Waals surface area (Å²) in [7, 11) is 1.52. The summed E-state index contributed by atoms with van der Waals surface area (Å²) in [6.45, 7) is -0.130. The molecule has 3 heterocycles. The van der Waals surface area contributed by atoms with Gasteiger partial charge in [-0.2, -0.15) is 5.26 Å². The zero-order valence-corrected chi connectivity index (χ0v) is 18.1. The molecule has 1 aromatic carbocycles. The van der Waals surface area contributed by atoms with Gasteiger partial charge in [-0.25, -0.2) is 15.0 Å². The number of amides is 2. The fourth-order valence-corrected chi connectivity index (χ4v) is 3.44. The van der Waals surface area contributed by atoms with Crippen molar-refractivity contribution in [3.63, 3.8) is 0 Å². The molecule has 0 fully saturated rings. The van der Waals surface area contributed by atoms with E-state index in [9.17, 15) is 9.59 Å². The molecule has 32 heavy (non-hydrogen) atoms. The molecular formula is C21H14Cl2N6O3. The summed E-state index contributed by atoms with van der Waals surface area (Å²) < 4.78 is 5.64. The third kappa shape index (κ3) is 4.19. The van der Waals surface area contributed by atoms with Crippen molar-refractivity contribution in [3.05, 3.63) is 64.2 Å². The van der Waals surface area contributed by atoms with E-state index in [0.29, 0.717) is 27.7 Å². The zero-order chi connectivity index (χ0) is 22.8. The summed E-state index contributed by atoms with van der Waals surface area (Å²) in [6.07, 6.45) is 2.69. The van der Waals surface area contributed by atoms with Gasteiger partial charge >= 0.3 is 0 Å². The number of hydrogen-bond acceptors (Lipinski definition) is 7. The van der Waals surface area contributed by atoms with E-state index in [1.165, 1.54) is 24.3 Å². The fraction of sp³-hybridized carbons (Fsp3) is 0.143. The summed E-state index contributed by atoms with van der Waals surface area (Å²) in [5.74, 6) is -0.689. The molecule has 4 rings (SSSR count). The Morgan fingerprint density at radius 3 is 2.88 bits per heavy atom. The van der Waals surface area contributed by atoms with Gasteiger partial charge < -0.3 is 10.1 Å². The minimum atomic E-state index is -1.01. The number of ether oxygens (including phenoxy) is 1. The summed E-state index contributed by atoms with van der Waals surface area (Å²) in [4.78, 5) is 39.3. The van der Waals surface area contributed by atoms with Crippen LogP contribution >= 0.6 is 23.2 Å². The van der Waals surface area contributed by atoms with Crippen LogP contribution in [0.4, 0.5) is 5.82 Å². The molecule has 0 saturated heterocycles. The minimum absolute atomic E-state index is 0.130. The second-order valence-corrected chi connectivity index (χ2v) is 7.64. The number of nitriles is 1. The van der Waals surface area contributed by atoms with Gasteiger partial charge in [0, 0.05) is 24.9 Å². The van der Waals surface area contributed by atoms with E-state index in [-0.39, 0.29) is 23.1 Å². The third-order valence-corrected chi connectivity index (χ3v) is 5.15. The van der Waals surface area contributed by atoms with E-state index in [4.69, 9.17) is 33.2 Å². The highest BCUT2D eigenvalue weighted by Gasteiger charge is 2.32. The van der Waals surface area contributed by atoms with Crippen molar-refractivity contribution in [2.24, 2.45) is 0 Å². The van der Waals surface area contributed by atoms with Crippen LogP contribution in [-0.4, -0.2) is 46.5 Å². The molecule has 0 spiro atoms. The predicted molar refractivity (Wildman–Crippen MR) is 117 cm³/mol. The molecule has 11 heteroatoms. The molecule has 0 bridgehead atoms. The number of benzene rings is 1. The van der Waals surface area contributed by atoms with Gasteiger partial charge in [0.2, 0.25) is 5.82 Å². The second-order valence-electron chi connectivity index (χ2n) is 6.79. The van der Waals surface area contributed by atoms with E-state index in [2.05, 4.69) is 20.3 Å². The van der Waals surface area contributed by atoms with Gasteiger partial charge in [0.1, 0.15) is 12.6 Å². The number of carbonyl (C=O) groups excluding carboxylic acids is 2. The van der Waals surface area contributed by atoms with Crippen LogP contribution in [0.25, 0.3) is 11.3 Å². The van der Waals surface area contributed by atoms with Crippen LogP contribution in [-0.2, 0) is 4.79 Å². The lowest BCUT2D eigenvalue weighted by Gasteiger charge is -2.19. The monoisotopic (exact) mass is 468 g/mol. The number of aromatic nitrogens is 3. The molecule has 1 aliphatic rings. The fourth-order valence-electron chi connectivity index (χ4n) is 3.10. The van der Waals surface area contributed by atoms with Crippen molar-refractivity contribution in [2.45, 2.75) is 6.04 Å². The molecule has 1 aliphatic heterocycles. The topological polar surface area (TPSA) is 121 Å². The quantitative estimate of drug-likeness (QED) is 0.626. The van der Waals surface area contributed by atoms with Gasteiger partial charge in [0.05, 0.1) is 33.6 Å². The second kappa shape index (κ2) is 8.78. The van der Waals surface area contributed by atoms with Crippen LogP contribution in [0.5, 0.6) is 5.75 Å². The maximum absolute atomic E-state index is 12.8. The van der Waals surface area contributed by atoms with Crippen LogP contribution in [0.2, 0.25) is 10.0 Å². The van der Waals surface area contributed by atoms with Crippen LogP contribution in [0, 0.1) is 11.3 Å². The molecule has 9 nitrogen and oxygen atoms in total. The lowest BCUT2D eigenvalue weighted by Crippen LogP contribution is -2.49. The Hall–Kier alpha value is -3.74. The third-order valence-electron chi connectivity index (χ3n) is 4.67. The molecule has 3 aromatic rings. The average molecular weight is 469 g/mol. The number of nitrogens with one attached hydrogen (secondary N) is 1. The van der Waals surface area contributed by atoms with Crippen molar-refractivity contribution < 1.29 is 14.3 Å². The van der Waals surface area contributed by atoms with E-state index in [1.54, 1.807) is 30.3 Å². The smallest absolute Gasteiger partial charge is 0.289 e. The van der Waals surface area contributed by atoms with E-state index >= 15 is 0 Å². The number of likely N-dealkylation sites (N-methyl/N-ethyl adjacent to an activating group) is 1. The first-order valence-corrected chi connectivity index (χ1v) is 10.0. The standard InChI is InChI=1S/C21H14Cl2N6O3/c1-29-19-16(6-13(22)8-26-19)32-10-15(21(29)31)27-20(30)18-25-9-14(23)17(28-18)12-4-2-3-11(5-12)7-24/h2-6,8-9,15H,10H2,1H3,(H,27,30). The molecule has 0 saturated carbocycles. The number of pyridine rings is 1. The SMILES string of the molecule is CN1C(=O)C(NC(=O)c2ncc(Cl)c(-c3cccc(C#N)c3)n2)COc2cc(Cl)cnc21. The predicted octanol–water partition coefficient (Wildman–Crippen LogP) is 2.87. The molecule has 2 amide bonds. The van der Waals surface area contributed by atoms with Crippen molar-refractivity contribution >= 4 is 40.8 Å². The molecule has 0 radical (unpaired) electrons. The molecule has 160 valence electrons. The molecule has 1 atom stereocenters. The number of carbonyl (C=O) groups is 2. The number of rotatable bonds is 3. The van der Waals surface area contributed by atoms with E-state index in [0.717, 1.165) is 0 Å². The normalized spacial score (nSPS) is 15.2. The van der Waals surface area contributed by atoms with Crippen molar-refractivity contribution in [2.75, 3.05) is 18.6 Å². The first-order chi connectivity index (χ1) is 15.4. The van der Waals surface area contributed by atoms with Crippen molar-refractivity contribution in [1.82, 2.24) is 20.3 Å². The average Bonchev–Trinajstić information content (AvgIpc) is 2.91. The highest BCUT2D eigenvalue weighted by molar-refractivity contribution is 6.33. The molecule has 0 aliphatic carbocycles. The Labute approximate surface area is 192 Å².